The van der Waals surface area contributed by atoms with Gasteiger partial charge in [-0.2, -0.15) is 0 Å². The van der Waals surface area contributed by atoms with E-state index < -0.39 is 0 Å². The highest BCUT2D eigenvalue weighted by Gasteiger charge is 2.13. The Labute approximate surface area is 180 Å². The lowest BCUT2D eigenvalue weighted by Crippen LogP contribution is -2.17. The fourth-order valence-corrected chi connectivity index (χ4v) is 3.27. The van der Waals surface area contributed by atoms with Crippen LogP contribution < -0.4 is 14.8 Å². The fraction of sp³-hybridized carbons (Fsp3) is 0.250. The summed E-state index contributed by atoms with van der Waals surface area (Å²) >= 11 is 6.46. The van der Waals surface area contributed by atoms with Crippen LogP contribution >= 0.6 is 11.6 Å². The molecule has 30 heavy (non-hydrogen) atoms. The van der Waals surface area contributed by atoms with Crippen LogP contribution in [0.2, 0.25) is 5.02 Å². The molecule has 0 saturated carbocycles. The number of nitrogens with one attached hydrogen (secondary N) is 1. The Kier molecular flexibility index (Phi) is 8.05. The van der Waals surface area contributed by atoms with E-state index in [0.717, 1.165) is 29.7 Å². The number of benzene rings is 3. The monoisotopic (exact) mass is 431 g/mol. The molecule has 0 aliphatic carbocycles. The summed E-state index contributed by atoms with van der Waals surface area (Å²) in [5.74, 6) is 0.523. The predicted octanol–water partition coefficient (Wildman–Crippen LogP) is 5.93. The van der Waals surface area contributed by atoms with Gasteiger partial charge in [-0.3, -0.25) is 0 Å². The van der Waals surface area contributed by atoms with Gasteiger partial charge in [0.2, 0.25) is 0 Å². The first-order valence-electron chi connectivity index (χ1n) is 9.82. The van der Waals surface area contributed by atoms with E-state index >= 15 is 0 Å². The van der Waals surface area contributed by atoms with Crippen molar-refractivity contribution in [3.63, 3.8) is 0 Å². The number of hydrogen-bond donors (Lipinski definition) is 1. The molecular formula is C24H24ClF2NO2. The van der Waals surface area contributed by atoms with Crippen molar-refractivity contribution in [2.45, 2.75) is 26.5 Å². The molecule has 3 nitrogen and oxygen atoms in total. The molecule has 0 aliphatic rings. The summed E-state index contributed by atoms with van der Waals surface area (Å²) in [6.07, 6.45) is 0.797. The smallest absolute Gasteiger partial charge is 0.180 e. The van der Waals surface area contributed by atoms with Crippen molar-refractivity contribution in [2.75, 3.05) is 13.2 Å². The van der Waals surface area contributed by atoms with Crippen LogP contribution in [0.5, 0.6) is 11.5 Å². The van der Waals surface area contributed by atoms with E-state index in [-0.39, 0.29) is 18.2 Å². The van der Waals surface area contributed by atoms with Gasteiger partial charge in [0.25, 0.3) is 0 Å². The summed E-state index contributed by atoms with van der Waals surface area (Å²) < 4.78 is 37.6. The summed E-state index contributed by atoms with van der Waals surface area (Å²) in [4.78, 5) is 0. The standard InChI is InChI=1S/C24H24ClF2NO2/c1-2-29-23-14-19(15-28-12-11-17-3-7-20(26)8-4-17)13-22(25)24(23)30-16-18-5-9-21(27)10-6-18/h3-10,13-14,28H,2,11-12,15-16H2,1H3. The highest BCUT2D eigenvalue weighted by Crippen LogP contribution is 2.37. The first kappa shape index (κ1) is 22.1. The van der Waals surface area contributed by atoms with Crippen molar-refractivity contribution in [2.24, 2.45) is 0 Å². The second kappa shape index (κ2) is 11.0. The Morgan fingerprint density at radius 3 is 2.10 bits per heavy atom. The number of halogens is 3. The molecule has 0 saturated heterocycles. The molecule has 0 fully saturated rings. The lowest BCUT2D eigenvalue weighted by Gasteiger charge is -2.16. The minimum absolute atomic E-state index is 0.230. The van der Waals surface area contributed by atoms with Crippen LogP contribution in [-0.4, -0.2) is 13.2 Å². The first-order chi connectivity index (χ1) is 14.5. The maximum atomic E-state index is 13.1. The van der Waals surface area contributed by atoms with Crippen molar-refractivity contribution in [1.82, 2.24) is 5.32 Å². The molecule has 158 valence electrons. The minimum Gasteiger partial charge on any atom is -0.490 e. The van der Waals surface area contributed by atoms with E-state index in [9.17, 15) is 8.78 Å². The van der Waals surface area contributed by atoms with Crippen LogP contribution in [0.4, 0.5) is 8.78 Å². The van der Waals surface area contributed by atoms with Crippen LogP contribution in [0.25, 0.3) is 0 Å². The van der Waals surface area contributed by atoms with Crippen molar-refractivity contribution in [3.05, 3.63) is 94.0 Å². The molecule has 0 radical (unpaired) electrons. The van der Waals surface area contributed by atoms with Gasteiger partial charge in [0.1, 0.15) is 18.2 Å². The Balaban J connectivity index is 1.60. The molecule has 3 rings (SSSR count). The average Bonchev–Trinajstić information content (AvgIpc) is 2.73. The van der Waals surface area contributed by atoms with E-state index in [2.05, 4.69) is 5.32 Å². The molecule has 0 bridgehead atoms. The molecule has 0 aromatic heterocycles. The Bertz CT molecular complexity index is 947. The quantitative estimate of drug-likeness (QED) is 0.404. The van der Waals surface area contributed by atoms with Crippen LogP contribution in [0.3, 0.4) is 0 Å². The highest BCUT2D eigenvalue weighted by molar-refractivity contribution is 6.32. The molecular weight excluding hydrogens is 408 g/mol. The molecule has 6 heteroatoms. The average molecular weight is 432 g/mol. The van der Waals surface area contributed by atoms with E-state index in [1.54, 1.807) is 24.3 Å². The number of rotatable bonds is 10. The zero-order valence-corrected chi connectivity index (χ0v) is 17.5. The van der Waals surface area contributed by atoms with Crippen LogP contribution in [0.1, 0.15) is 23.6 Å². The molecule has 3 aromatic rings. The summed E-state index contributed by atoms with van der Waals surface area (Å²) in [7, 11) is 0. The third kappa shape index (κ3) is 6.44. The molecule has 0 heterocycles. The third-order valence-corrected chi connectivity index (χ3v) is 4.78. The lowest BCUT2D eigenvalue weighted by atomic mass is 10.1. The maximum absolute atomic E-state index is 13.1. The zero-order valence-electron chi connectivity index (χ0n) is 16.8. The summed E-state index contributed by atoms with van der Waals surface area (Å²) in [6, 6.07) is 16.4. The number of ether oxygens (including phenoxy) is 2. The van der Waals surface area contributed by atoms with Gasteiger partial charge >= 0.3 is 0 Å². The largest absolute Gasteiger partial charge is 0.490 e. The van der Waals surface area contributed by atoms with Crippen LogP contribution in [0.15, 0.2) is 60.7 Å². The molecule has 0 amide bonds. The molecule has 0 atom stereocenters. The Morgan fingerprint density at radius 2 is 1.47 bits per heavy atom. The predicted molar refractivity (Wildman–Crippen MR) is 115 cm³/mol. The fourth-order valence-electron chi connectivity index (χ4n) is 2.98. The highest BCUT2D eigenvalue weighted by atomic mass is 35.5. The van der Waals surface area contributed by atoms with Gasteiger partial charge < -0.3 is 14.8 Å². The summed E-state index contributed by atoms with van der Waals surface area (Å²) in [5, 5.41) is 3.82. The lowest BCUT2D eigenvalue weighted by molar-refractivity contribution is 0.269. The van der Waals surface area contributed by atoms with E-state index in [1.165, 1.54) is 24.3 Å². The topological polar surface area (TPSA) is 30.5 Å². The van der Waals surface area contributed by atoms with Crippen LogP contribution in [0, 0.1) is 11.6 Å². The molecule has 0 unspecified atom stereocenters. The zero-order chi connectivity index (χ0) is 21.3. The van der Waals surface area contributed by atoms with Gasteiger partial charge in [0.05, 0.1) is 11.6 Å². The van der Waals surface area contributed by atoms with E-state index in [1.807, 2.05) is 19.1 Å². The summed E-state index contributed by atoms with van der Waals surface area (Å²) in [5.41, 5.74) is 2.87. The van der Waals surface area contributed by atoms with Crippen molar-refractivity contribution in [1.29, 1.82) is 0 Å². The maximum Gasteiger partial charge on any atom is 0.180 e. The molecule has 0 spiro atoms. The second-order valence-electron chi connectivity index (χ2n) is 6.81. The molecule has 1 N–H and O–H groups in total. The van der Waals surface area contributed by atoms with Gasteiger partial charge in [-0.1, -0.05) is 35.9 Å². The van der Waals surface area contributed by atoms with Gasteiger partial charge in [-0.25, -0.2) is 8.78 Å². The van der Waals surface area contributed by atoms with Gasteiger partial charge in [0.15, 0.2) is 11.5 Å². The van der Waals surface area contributed by atoms with Gasteiger partial charge in [0, 0.05) is 6.54 Å². The van der Waals surface area contributed by atoms with Gasteiger partial charge in [-0.15, -0.1) is 0 Å². The number of hydrogen-bond acceptors (Lipinski definition) is 3. The molecule has 0 aliphatic heterocycles. The summed E-state index contributed by atoms with van der Waals surface area (Å²) in [6.45, 7) is 3.99. The SMILES string of the molecule is CCOc1cc(CNCCc2ccc(F)cc2)cc(Cl)c1OCc1ccc(F)cc1. The van der Waals surface area contributed by atoms with Crippen molar-refractivity contribution in [3.8, 4) is 11.5 Å². The second-order valence-corrected chi connectivity index (χ2v) is 7.21. The first-order valence-corrected chi connectivity index (χ1v) is 10.2. The Hall–Kier alpha value is -2.63. The van der Waals surface area contributed by atoms with Crippen molar-refractivity contribution >= 4 is 11.6 Å². The molecule has 3 aromatic carbocycles. The normalized spacial score (nSPS) is 10.8. The van der Waals surface area contributed by atoms with E-state index in [4.69, 9.17) is 21.1 Å². The Morgan fingerprint density at radius 1 is 0.833 bits per heavy atom. The van der Waals surface area contributed by atoms with E-state index in [0.29, 0.717) is 29.7 Å². The third-order valence-electron chi connectivity index (χ3n) is 4.50. The van der Waals surface area contributed by atoms with Crippen LogP contribution in [-0.2, 0) is 19.6 Å². The minimum atomic E-state index is -0.289. The van der Waals surface area contributed by atoms with Gasteiger partial charge in [-0.05, 0) is 73.0 Å². The van der Waals surface area contributed by atoms with Crippen molar-refractivity contribution < 1.29 is 18.3 Å².